The standard InChI is InChI=1S/C10H18O2/c1-3-5-9-10(12-9)6-8-11-7-4-2/h4,9-10H,2-3,5-8H2,1H3. The molecule has 1 saturated heterocycles. The fourth-order valence-electron chi connectivity index (χ4n) is 1.34. The van der Waals surface area contributed by atoms with Gasteiger partial charge < -0.3 is 9.47 Å². The molecule has 1 aliphatic heterocycles. The second kappa shape index (κ2) is 5.33. The van der Waals surface area contributed by atoms with E-state index in [1.54, 1.807) is 6.08 Å². The predicted octanol–water partition coefficient (Wildman–Crippen LogP) is 2.15. The Bertz CT molecular complexity index is 134. The molecule has 12 heavy (non-hydrogen) atoms. The largest absolute Gasteiger partial charge is 0.377 e. The molecule has 2 nitrogen and oxygen atoms in total. The summed E-state index contributed by atoms with van der Waals surface area (Å²) in [5, 5.41) is 0. The maximum Gasteiger partial charge on any atom is 0.0863 e. The Kier molecular flexibility index (Phi) is 4.33. The number of ether oxygens (including phenoxy) is 2. The first-order valence-electron chi connectivity index (χ1n) is 4.72. The molecule has 1 rings (SSSR count). The molecule has 2 heteroatoms. The minimum Gasteiger partial charge on any atom is -0.377 e. The summed E-state index contributed by atoms with van der Waals surface area (Å²) in [5.74, 6) is 0. The minimum absolute atomic E-state index is 0.481. The van der Waals surface area contributed by atoms with Crippen molar-refractivity contribution in [3.8, 4) is 0 Å². The van der Waals surface area contributed by atoms with Gasteiger partial charge in [0.25, 0.3) is 0 Å². The zero-order valence-corrected chi connectivity index (χ0v) is 7.79. The lowest BCUT2D eigenvalue weighted by Gasteiger charge is -1.97. The maximum atomic E-state index is 5.43. The van der Waals surface area contributed by atoms with Crippen LogP contribution >= 0.6 is 0 Å². The van der Waals surface area contributed by atoms with Crippen molar-refractivity contribution in [2.24, 2.45) is 0 Å². The van der Waals surface area contributed by atoms with Gasteiger partial charge in [0.2, 0.25) is 0 Å². The highest BCUT2D eigenvalue weighted by atomic mass is 16.6. The molecule has 0 saturated carbocycles. The van der Waals surface area contributed by atoms with Gasteiger partial charge in [-0.05, 0) is 12.8 Å². The van der Waals surface area contributed by atoms with Gasteiger partial charge >= 0.3 is 0 Å². The molecule has 0 aromatic carbocycles. The summed E-state index contributed by atoms with van der Waals surface area (Å²) in [7, 11) is 0. The predicted molar refractivity (Wildman–Crippen MR) is 49.2 cm³/mol. The molecular weight excluding hydrogens is 152 g/mol. The second-order valence-electron chi connectivity index (χ2n) is 3.15. The second-order valence-corrected chi connectivity index (χ2v) is 3.15. The molecule has 70 valence electrons. The van der Waals surface area contributed by atoms with Crippen molar-refractivity contribution < 1.29 is 9.47 Å². The average Bonchev–Trinajstić information content (AvgIpc) is 2.79. The van der Waals surface area contributed by atoms with Crippen LogP contribution in [0.1, 0.15) is 26.2 Å². The van der Waals surface area contributed by atoms with Crippen LogP contribution in [0, 0.1) is 0 Å². The van der Waals surface area contributed by atoms with E-state index in [1.807, 2.05) is 0 Å². The van der Waals surface area contributed by atoms with Crippen LogP contribution in [0.4, 0.5) is 0 Å². The third-order valence-corrected chi connectivity index (χ3v) is 2.04. The van der Waals surface area contributed by atoms with Gasteiger partial charge in [-0.3, -0.25) is 0 Å². The lowest BCUT2D eigenvalue weighted by molar-refractivity contribution is 0.152. The van der Waals surface area contributed by atoms with Gasteiger partial charge in [0.1, 0.15) is 0 Å². The number of hydrogen-bond acceptors (Lipinski definition) is 2. The smallest absolute Gasteiger partial charge is 0.0863 e. The van der Waals surface area contributed by atoms with Crippen LogP contribution in [0.5, 0.6) is 0 Å². The van der Waals surface area contributed by atoms with E-state index in [0.29, 0.717) is 18.8 Å². The van der Waals surface area contributed by atoms with E-state index in [9.17, 15) is 0 Å². The third-order valence-electron chi connectivity index (χ3n) is 2.04. The Morgan fingerprint density at radius 3 is 2.83 bits per heavy atom. The van der Waals surface area contributed by atoms with E-state index in [0.717, 1.165) is 13.0 Å². The topological polar surface area (TPSA) is 21.8 Å². The van der Waals surface area contributed by atoms with Crippen molar-refractivity contribution >= 4 is 0 Å². The maximum absolute atomic E-state index is 5.43. The Morgan fingerprint density at radius 1 is 1.42 bits per heavy atom. The van der Waals surface area contributed by atoms with Crippen molar-refractivity contribution in [1.29, 1.82) is 0 Å². The van der Waals surface area contributed by atoms with E-state index in [1.165, 1.54) is 12.8 Å². The van der Waals surface area contributed by atoms with E-state index >= 15 is 0 Å². The normalized spacial score (nSPS) is 27.1. The van der Waals surface area contributed by atoms with Crippen molar-refractivity contribution in [3.63, 3.8) is 0 Å². The lowest BCUT2D eigenvalue weighted by Crippen LogP contribution is -2.01. The van der Waals surface area contributed by atoms with Gasteiger partial charge in [0.15, 0.2) is 0 Å². The summed E-state index contributed by atoms with van der Waals surface area (Å²) in [6.45, 7) is 7.23. The Balaban J connectivity index is 1.86. The van der Waals surface area contributed by atoms with Gasteiger partial charge in [-0.25, -0.2) is 0 Å². The molecule has 0 bridgehead atoms. The first-order chi connectivity index (χ1) is 5.88. The average molecular weight is 170 g/mol. The van der Waals surface area contributed by atoms with E-state index in [4.69, 9.17) is 9.47 Å². The van der Waals surface area contributed by atoms with Gasteiger partial charge in [-0.15, -0.1) is 6.58 Å². The zero-order chi connectivity index (χ0) is 8.81. The SMILES string of the molecule is C=CCOCCC1OC1CCC. The Morgan fingerprint density at radius 2 is 2.17 bits per heavy atom. The van der Waals surface area contributed by atoms with Gasteiger partial charge in [-0.2, -0.15) is 0 Å². The van der Waals surface area contributed by atoms with Gasteiger partial charge in [-0.1, -0.05) is 19.4 Å². The number of rotatable bonds is 7. The van der Waals surface area contributed by atoms with E-state index < -0.39 is 0 Å². The molecule has 1 fully saturated rings. The Hall–Kier alpha value is -0.340. The molecule has 1 heterocycles. The van der Waals surface area contributed by atoms with Crippen LogP contribution in [0.2, 0.25) is 0 Å². The minimum atomic E-state index is 0.481. The van der Waals surface area contributed by atoms with Crippen LogP contribution in [0.15, 0.2) is 12.7 Å². The quantitative estimate of drug-likeness (QED) is 0.332. The first-order valence-corrected chi connectivity index (χ1v) is 4.72. The first kappa shape index (κ1) is 9.75. The highest BCUT2D eigenvalue weighted by molar-refractivity contribution is 4.83. The van der Waals surface area contributed by atoms with Crippen molar-refractivity contribution in [1.82, 2.24) is 0 Å². The fraction of sp³-hybridized carbons (Fsp3) is 0.800. The third kappa shape index (κ3) is 3.37. The molecule has 0 amide bonds. The number of hydrogen-bond donors (Lipinski definition) is 0. The van der Waals surface area contributed by atoms with Crippen LogP contribution in [0.25, 0.3) is 0 Å². The molecule has 0 radical (unpaired) electrons. The summed E-state index contributed by atoms with van der Waals surface area (Å²) >= 11 is 0. The molecule has 0 aromatic heterocycles. The lowest BCUT2D eigenvalue weighted by atomic mass is 10.2. The van der Waals surface area contributed by atoms with Gasteiger partial charge in [0.05, 0.1) is 18.8 Å². The molecule has 0 aromatic rings. The molecule has 2 atom stereocenters. The van der Waals surface area contributed by atoms with Crippen molar-refractivity contribution in [2.75, 3.05) is 13.2 Å². The highest BCUT2D eigenvalue weighted by Crippen LogP contribution is 2.28. The number of epoxide rings is 1. The molecule has 1 aliphatic rings. The van der Waals surface area contributed by atoms with Gasteiger partial charge in [0, 0.05) is 6.61 Å². The van der Waals surface area contributed by atoms with Crippen molar-refractivity contribution in [3.05, 3.63) is 12.7 Å². The van der Waals surface area contributed by atoms with Crippen LogP contribution < -0.4 is 0 Å². The highest BCUT2D eigenvalue weighted by Gasteiger charge is 2.36. The molecular formula is C10H18O2. The molecule has 0 spiro atoms. The summed E-state index contributed by atoms with van der Waals surface area (Å²) < 4.78 is 10.7. The fourth-order valence-corrected chi connectivity index (χ4v) is 1.34. The van der Waals surface area contributed by atoms with E-state index in [2.05, 4.69) is 13.5 Å². The van der Waals surface area contributed by atoms with Crippen molar-refractivity contribution in [2.45, 2.75) is 38.4 Å². The summed E-state index contributed by atoms with van der Waals surface area (Å²) in [4.78, 5) is 0. The van der Waals surface area contributed by atoms with Crippen LogP contribution in [-0.2, 0) is 9.47 Å². The molecule has 0 aliphatic carbocycles. The summed E-state index contributed by atoms with van der Waals surface area (Å²) in [6, 6.07) is 0. The Labute approximate surface area is 74.6 Å². The molecule has 0 N–H and O–H groups in total. The molecule has 2 unspecified atom stereocenters. The van der Waals surface area contributed by atoms with Crippen LogP contribution in [0.3, 0.4) is 0 Å². The zero-order valence-electron chi connectivity index (χ0n) is 7.79. The monoisotopic (exact) mass is 170 g/mol. The summed E-state index contributed by atoms with van der Waals surface area (Å²) in [5.41, 5.74) is 0. The summed E-state index contributed by atoms with van der Waals surface area (Å²) in [6.07, 6.45) is 6.24. The van der Waals surface area contributed by atoms with E-state index in [-0.39, 0.29) is 0 Å². The van der Waals surface area contributed by atoms with Crippen LogP contribution in [-0.4, -0.2) is 25.4 Å².